The topological polar surface area (TPSA) is 94.3 Å². The highest BCUT2D eigenvalue weighted by molar-refractivity contribution is 7.90. The highest BCUT2D eigenvalue weighted by Crippen LogP contribution is 2.16. The van der Waals surface area contributed by atoms with Crippen molar-refractivity contribution in [3.8, 4) is 5.75 Å². The second-order valence-electron chi connectivity index (χ2n) is 5.34. The lowest BCUT2D eigenvalue weighted by atomic mass is 10.2. The van der Waals surface area contributed by atoms with Crippen molar-refractivity contribution in [2.24, 2.45) is 0 Å². The summed E-state index contributed by atoms with van der Waals surface area (Å²) in [7, 11) is -1.30. The van der Waals surface area contributed by atoms with Gasteiger partial charge in [-0.3, -0.25) is 0 Å². The molecule has 0 amide bonds. The molecule has 7 nitrogen and oxygen atoms in total. The van der Waals surface area contributed by atoms with Gasteiger partial charge in [-0.15, -0.1) is 12.4 Å². The zero-order chi connectivity index (χ0) is 16.9. The average Bonchev–Trinajstić information content (AvgIpc) is 2.94. The lowest BCUT2D eigenvalue weighted by Gasteiger charge is -2.05. The van der Waals surface area contributed by atoms with Crippen LogP contribution in [0.5, 0.6) is 5.75 Å². The summed E-state index contributed by atoms with van der Waals surface area (Å²) in [5, 5.41) is 7.03. The molecular formula is C15H22ClN3O4S. The van der Waals surface area contributed by atoms with Gasteiger partial charge >= 0.3 is 0 Å². The van der Waals surface area contributed by atoms with E-state index in [0.29, 0.717) is 36.9 Å². The molecule has 1 unspecified atom stereocenters. The summed E-state index contributed by atoms with van der Waals surface area (Å²) in [6.45, 7) is 2.42. The molecule has 0 radical (unpaired) electrons. The number of ether oxygens (including phenoxy) is 1. The zero-order valence-corrected chi connectivity index (χ0v) is 15.5. The third-order valence-electron chi connectivity index (χ3n) is 3.33. The Hall–Kier alpha value is -1.64. The molecule has 0 bridgehead atoms. The number of hydrogen-bond acceptors (Lipinski definition) is 7. The molecule has 2 aromatic rings. The Balaban J connectivity index is 0.00000288. The van der Waals surface area contributed by atoms with E-state index in [1.165, 1.54) is 18.4 Å². The highest BCUT2D eigenvalue weighted by atomic mass is 35.5. The first-order valence-electron chi connectivity index (χ1n) is 7.30. The van der Waals surface area contributed by atoms with E-state index in [-0.39, 0.29) is 23.3 Å². The largest absolute Gasteiger partial charge is 0.493 e. The molecule has 0 aliphatic carbocycles. The third-order valence-corrected chi connectivity index (χ3v) is 4.46. The fourth-order valence-corrected chi connectivity index (χ4v) is 2.52. The van der Waals surface area contributed by atoms with Gasteiger partial charge in [-0.25, -0.2) is 8.42 Å². The second kappa shape index (κ2) is 9.00. The van der Waals surface area contributed by atoms with Crippen molar-refractivity contribution in [3.05, 3.63) is 36.0 Å². The lowest BCUT2D eigenvalue weighted by molar-refractivity contribution is 0.291. The van der Waals surface area contributed by atoms with Crippen LogP contribution < -0.4 is 10.1 Å². The molecule has 1 heterocycles. The van der Waals surface area contributed by atoms with Gasteiger partial charge in [0.2, 0.25) is 5.89 Å². The van der Waals surface area contributed by atoms with Crippen molar-refractivity contribution < 1.29 is 17.7 Å². The van der Waals surface area contributed by atoms with Gasteiger partial charge in [-0.05, 0) is 38.2 Å². The fourth-order valence-electron chi connectivity index (χ4n) is 1.89. The van der Waals surface area contributed by atoms with E-state index < -0.39 is 9.84 Å². The molecule has 0 spiro atoms. The number of rotatable bonds is 8. The number of nitrogens with one attached hydrogen (secondary N) is 1. The van der Waals surface area contributed by atoms with Gasteiger partial charge in [0.1, 0.15) is 5.75 Å². The molecule has 1 aromatic heterocycles. The van der Waals surface area contributed by atoms with E-state index in [9.17, 15) is 8.42 Å². The van der Waals surface area contributed by atoms with Crippen LogP contribution in [0, 0.1) is 0 Å². The van der Waals surface area contributed by atoms with E-state index in [0.717, 1.165) is 0 Å². The first-order valence-corrected chi connectivity index (χ1v) is 9.19. The van der Waals surface area contributed by atoms with Crippen LogP contribution in [0.4, 0.5) is 0 Å². The molecule has 0 fully saturated rings. The van der Waals surface area contributed by atoms with E-state index in [1.807, 2.05) is 14.0 Å². The molecule has 1 atom stereocenters. The molecule has 24 heavy (non-hydrogen) atoms. The molecule has 0 saturated carbocycles. The van der Waals surface area contributed by atoms with Crippen LogP contribution >= 0.6 is 12.4 Å². The monoisotopic (exact) mass is 375 g/mol. The minimum Gasteiger partial charge on any atom is -0.493 e. The maximum Gasteiger partial charge on any atom is 0.230 e. The van der Waals surface area contributed by atoms with E-state index in [2.05, 4.69) is 15.5 Å². The van der Waals surface area contributed by atoms with Crippen molar-refractivity contribution in [2.75, 3.05) is 19.9 Å². The van der Waals surface area contributed by atoms with Crippen LogP contribution in [-0.2, 0) is 22.7 Å². The third kappa shape index (κ3) is 6.10. The van der Waals surface area contributed by atoms with Gasteiger partial charge in [-0.1, -0.05) is 5.16 Å². The molecule has 2 rings (SSSR count). The summed E-state index contributed by atoms with van der Waals surface area (Å²) < 4.78 is 33.5. The first-order chi connectivity index (χ1) is 10.9. The number of halogens is 1. The summed E-state index contributed by atoms with van der Waals surface area (Å²) in [6, 6.07) is 6.59. The van der Waals surface area contributed by atoms with Crippen molar-refractivity contribution >= 4 is 22.2 Å². The second-order valence-corrected chi connectivity index (χ2v) is 7.36. The fraction of sp³-hybridized carbons (Fsp3) is 0.467. The summed E-state index contributed by atoms with van der Waals surface area (Å²) in [5.74, 6) is 1.79. The normalized spacial score (nSPS) is 12.5. The molecule has 0 saturated heterocycles. The van der Waals surface area contributed by atoms with Gasteiger partial charge in [0.05, 0.1) is 17.9 Å². The Kier molecular flexibility index (Phi) is 7.65. The van der Waals surface area contributed by atoms with Gasteiger partial charge in [0, 0.05) is 18.7 Å². The van der Waals surface area contributed by atoms with E-state index >= 15 is 0 Å². The highest BCUT2D eigenvalue weighted by Gasteiger charge is 2.10. The summed E-state index contributed by atoms with van der Waals surface area (Å²) in [5.41, 5.74) is 0. The minimum absolute atomic E-state index is 0. The Morgan fingerprint density at radius 3 is 2.54 bits per heavy atom. The van der Waals surface area contributed by atoms with Crippen molar-refractivity contribution in [2.45, 2.75) is 30.7 Å². The molecule has 0 aliphatic rings. The van der Waals surface area contributed by atoms with Crippen LogP contribution in [0.1, 0.15) is 18.6 Å². The Morgan fingerprint density at radius 1 is 1.29 bits per heavy atom. The quantitative estimate of drug-likeness (QED) is 0.749. The lowest BCUT2D eigenvalue weighted by Crippen LogP contribution is -2.24. The Bertz CT molecular complexity index is 731. The molecule has 0 aliphatic heterocycles. The van der Waals surface area contributed by atoms with Gasteiger partial charge in [-0.2, -0.15) is 4.98 Å². The minimum atomic E-state index is -3.19. The van der Waals surface area contributed by atoms with Crippen molar-refractivity contribution in [1.82, 2.24) is 15.5 Å². The molecule has 9 heteroatoms. The standard InChI is InChI=1S/C15H21N3O4S.ClH/c1-11(16-2)10-14-17-15(22-18-14)8-9-21-12-4-6-13(7-5-12)23(3,19)20;/h4-7,11,16H,8-10H2,1-3H3;1H. The molecule has 1 N–H and O–H groups in total. The van der Waals surface area contributed by atoms with Gasteiger partial charge in [0.15, 0.2) is 15.7 Å². The van der Waals surface area contributed by atoms with Crippen LogP contribution in [-0.4, -0.2) is 44.5 Å². The number of likely N-dealkylation sites (N-methyl/N-ethyl adjacent to an activating group) is 1. The SMILES string of the molecule is CNC(C)Cc1noc(CCOc2ccc(S(C)(=O)=O)cc2)n1.Cl. The summed E-state index contributed by atoms with van der Waals surface area (Å²) in [6.07, 6.45) is 2.37. The predicted octanol–water partition coefficient (Wildman–Crippen LogP) is 1.67. The van der Waals surface area contributed by atoms with Crippen LogP contribution in [0.15, 0.2) is 33.7 Å². The van der Waals surface area contributed by atoms with Crippen molar-refractivity contribution in [1.29, 1.82) is 0 Å². The van der Waals surface area contributed by atoms with Crippen LogP contribution in [0.3, 0.4) is 0 Å². The molecular weight excluding hydrogens is 354 g/mol. The predicted molar refractivity (Wildman–Crippen MR) is 92.5 cm³/mol. The maximum atomic E-state index is 11.4. The van der Waals surface area contributed by atoms with Crippen LogP contribution in [0.25, 0.3) is 0 Å². The number of benzene rings is 1. The number of nitrogens with zero attached hydrogens (tertiary/aromatic N) is 2. The van der Waals surface area contributed by atoms with E-state index in [4.69, 9.17) is 9.26 Å². The maximum absolute atomic E-state index is 11.4. The summed E-state index contributed by atoms with van der Waals surface area (Å²) >= 11 is 0. The smallest absolute Gasteiger partial charge is 0.230 e. The average molecular weight is 376 g/mol. The zero-order valence-electron chi connectivity index (χ0n) is 13.9. The number of hydrogen-bond donors (Lipinski definition) is 1. The number of aromatic nitrogens is 2. The number of sulfone groups is 1. The summed E-state index contributed by atoms with van der Waals surface area (Å²) in [4.78, 5) is 4.57. The first kappa shape index (κ1) is 20.4. The molecule has 134 valence electrons. The Labute approximate surface area is 148 Å². The molecule has 1 aromatic carbocycles. The van der Waals surface area contributed by atoms with Gasteiger partial charge < -0.3 is 14.6 Å². The van der Waals surface area contributed by atoms with Crippen LogP contribution in [0.2, 0.25) is 0 Å². The van der Waals surface area contributed by atoms with E-state index in [1.54, 1.807) is 12.1 Å². The van der Waals surface area contributed by atoms with Gasteiger partial charge in [0.25, 0.3) is 0 Å². The Morgan fingerprint density at radius 2 is 1.96 bits per heavy atom. The van der Waals surface area contributed by atoms with Crippen molar-refractivity contribution in [3.63, 3.8) is 0 Å².